The number of H-pyrrole nitrogens is 1. The molecule has 0 spiro atoms. The molecule has 3 aromatic carbocycles. The van der Waals surface area contributed by atoms with E-state index in [0.29, 0.717) is 27.2 Å². The molecular weight excluding hydrogens is 505 g/mol. The molecule has 0 saturated carbocycles. The fourth-order valence-electron chi connectivity index (χ4n) is 3.66. The molecule has 0 aliphatic carbocycles. The van der Waals surface area contributed by atoms with E-state index in [9.17, 15) is 8.78 Å². The third kappa shape index (κ3) is 5.55. The van der Waals surface area contributed by atoms with E-state index >= 15 is 0 Å². The van der Waals surface area contributed by atoms with Gasteiger partial charge in [-0.15, -0.1) is 11.8 Å². The number of imidazole rings is 1. The van der Waals surface area contributed by atoms with Gasteiger partial charge in [-0.05, 0) is 66.9 Å². The molecule has 0 bridgehead atoms. The van der Waals surface area contributed by atoms with Crippen molar-refractivity contribution in [2.45, 2.75) is 29.4 Å². The number of hydrogen-bond donors (Lipinski definition) is 1. The molecule has 1 heterocycles. The van der Waals surface area contributed by atoms with E-state index in [-0.39, 0.29) is 11.6 Å². The molecule has 170 valence electrons. The lowest BCUT2D eigenvalue weighted by molar-refractivity contribution is 0.549. The molecule has 1 unspecified atom stereocenters. The molecule has 8 heteroatoms. The Hall–Kier alpha value is -2.05. The molecule has 1 atom stereocenters. The summed E-state index contributed by atoms with van der Waals surface area (Å²) in [6.45, 7) is 2.08. The van der Waals surface area contributed by atoms with Gasteiger partial charge in [0.25, 0.3) is 0 Å². The van der Waals surface area contributed by atoms with E-state index in [4.69, 9.17) is 34.8 Å². The van der Waals surface area contributed by atoms with Crippen molar-refractivity contribution in [3.63, 3.8) is 0 Å². The Morgan fingerprint density at radius 1 is 0.879 bits per heavy atom. The van der Waals surface area contributed by atoms with Crippen LogP contribution in [0.25, 0.3) is 0 Å². The molecule has 4 aromatic rings. The maximum absolute atomic E-state index is 13.5. The summed E-state index contributed by atoms with van der Waals surface area (Å²) in [7, 11) is 0. The highest BCUT2D eigenvalue weighted by molar-refractivity contribution is 7.98. The lowest BCUT2D eigenvalue weighted by Crippen LogP contribution is -2.27. The lowest BCUT2D eigenvalue weighted by atomic mass is 9.75. The van der Waals surface area contributed by atoms with Gasteiger partial charge < -0.3 is 4.98 Å². The molecule has 0 saturated heterocycles. The summed E-state index contributed by atoms with van der Waals surface area (Å²) >= 11 is 20.1. The second-order valence-corrected chi connectivity index (χ2v) is 10.1. The predicted octanol–water partition coefficient (Wildman–Crippen LogP) is 8.49. The summed E-state index contributed by atoms with van der Waals surface area (Å²) < 4.78 is 26.8. The second-order valence-electron chi connectivity index (χ2n) is 7.87. The maximum Gasteiger partial charge on any atom is 0.124 e. The molecule has 4 rings (SSSR count). The Labute approximate surface area is 210 Å². The van der Waals surface area contributed by atoms with E-state index in [1.54, 1.807) is 30.5 Å². The van der Waals surface area contributed by atoms with Crippen LogP contribution >= 0.6 is 46.6 Å². The first-order valence-corrected chi connectivity index (χ1v) is 12.2. The van der Waals surface area contributed by atoms with Crippen LogP contribution in [0, 0.1) is 11.6 Å². The summed E-state index contributed by atoms with van der Waals surface area (Å²) in [4.78, 5) is 8.75. The summed E-state index contributed by atoms with van der Waals surface area (Å²) in [6, 6.07) is 16.3. The molecule has 1 N–H and O–H groups in total. The third-order valence-corrected chi connectivity index (χ3v) is 7.76. The van der Waals surface area contributed by atoms with Crippen molar-refractivity contribution < 1.29 is 8.78 Å². The van der Waals surface area contributed by atoms with Crippen LogP contribution in [0.5, 0.6) is 0 Å². The molecule has 0 aliphatic rings. The third-order valence-electron chi connectivity index (χ3n) is 5.51. The van der Waals surface area contributed by atoms with Gasteiger partial charge in [0, 0.05) is 22.2 Å². The Kier molecular flexibility index (Phi) is 7.34. The molecular formula is C25H19Cl3F2N2S. The van der Waals surface area contributed by atoms with Gasteiger partial charge in [-0.1, -0.05) is 53.0 Å². The van der Waals surface area contributed by atoms with Crippen molar-refractivity contribution in [1.82, 2.24) is 9.97 Å². The highest BCUT2D eigenvalue weighted by atomic mass is 35.5. The number of thioether (sulfide) groups is 1. The van der Waals surface area contributed by atoms with Crippen molar-refractivity contribution in [2.24, 2.45) is 0 Å². The van der Waals surface area contributed by atoms with Crippen LogP contribution < -0.4 is 0 Å². The van der Waals surface area contributed by atoms with Crippen molar-refractivity contribution >= 4 is 46.6 Å². The summed E-state index contributed by atoms with van der Waals surface area (Å²) in [5.41, 5.74) is 2.26. The van der Waals surface area contributed by atoms with Crippen LogP contribution in [-0.4, -0.2) is 9.97 Å². The molecule has 0 fully saturated rings. The number of benzene rings is 3. The highest BCUT2D eigenvalue weighted by Crippen LogP contribution is 2.38. The first-order valence-electron chi connectivity index (χ1n) is 10.1. The van der Waals surface area contributed by atoms with Crippen LogP contribution in [0.15, 0.2) is 71.8 Å². The Morgan fingerprint density at radius 3 is 2.30 bits per heavy atom. The van der Waals surface area contributed by atoms with Gasteiger partial charge in [-0.2, -0.15) is 0 Å². The van der Waals surface area contributed by atoms with Gasteiger partial charge in [-0.3, -0.25) is 0 Å². The van der Waals surface area contributed by atoms with Gasteiger partial charge >= 0.3 is 0 Å². The Morgan fingerprint density at radius 2 is 1.61 bits per heavy atom. The minimum Gasteiger partial charge on any atom is -0.344 e. The van der Waals surface area contributed by atoms with Crippen molar-refractivity contribution in [3.05, 3.63) is 116 Å². The van der Waals surface area contributed by atoms with Gasteiger partial charge in [-0.25, -0.2) is 13.8 Å². The van der Waals surface area contributed by atoms with Crippen LogP contribution in [0.1, 0.15) is 29.6 Å². The molecule has 0 aliphatic heterocycles. The average molecular weight is 524 g/mol. The number of hydrogen-bond acceptors (Lipinski definition) is 2. The van der Waals surface area contributed by atoms with Gasteiger partial charge in [0.2, 0.25) is 0 Å². The SMILES string of the molecule is CC(Cc1ccc(F)cc1)(c1ccc(Cl)c(Cl)c1)c1cnc(CSc2ccc(F)cc2Cl)[nH]1. The van der Waals surface area contributed by atoms with Crippen molar-refractivity contribution in [2.75, 3.05) is 0 Å². The number of nitrogens with zero attached hydrogens (tertiary/aromatic N) is 1. The van der Waals surface area contributed by atoms with E-state index < -0.39 is 5.41 Å². The van der Waals surface area contributed by atoms with Crippen molar-refractivity contribution in [1.29, 1.82) is 0 Å². The minimum absolute atomic E-state index is 0.282. The first kappa shape index (κ1) is 24.1. The number of halogens is 5. The molecule has 0 radical (unpaired) electrons. The predicted molar refractivity (Wildman–Crippen MR) is 133 cm³/mol. The van der Waals surface area contributed by atoms with E-state index in [1.165, 1.54) is 36.0 Å². The average Bonchev–Trinajstić information content (AvgIpc) is 3.26. The number of nitrogens with one attached hydrogen (secondary N) is 1. The van der Waals surface area contributed by atoms with Gasteiger partial charge in [0.05, 0.1) is 20.8 Å². The Balaban J connectivity index is 1.64. The van der Waals surface area contributed by atoms with E-state index in [0.717, 1.165) is 27.5 Å². The van der Waals surface area contributed by atoms with E-state index in [1.807, 2.05) is 12.1 Å². The quantitative estimate of drug-likeness (QED) is 0.246. The molecule has 0 amide bonds. The normalized spacial score (nSPS) is 13.2. The standard InChI is InChI=1S/C25H19Cl3F2N2S/c1-25(12-15-2-5-17(29)6-3-15,16-4-8-19(26)20(27)10-16)23-13-31-24(32-23)14-33-22-9-7-18(30)11-21(22)28/h2-11,13H,12,14H2,1H3,(H,31,32). The van der Waals surface area contributed by atoms with E-state index in [2.05, 4.69) is 16.9 Å². The zero-order valence-corrected chi connectivity index (χ0v) is 20.6. The minimum atomic E-state index is -0.532. The zero-order chi connectivity index (χ0) is 23.6. The largest absolute Gasteiger partial charge is 0.344 e. The highest BCUT2D eigenvalue weighted by Gasteiger charge is 2.32. The maximum atomic E-state index is 13.5. The molecule has 2 nitrogen and oxygen atoms in total. The summed E-state index contributed by atoms with van der Waals surface area (Å²) in [5, 5.41) is 1.30. The van der Waals surface area contributed by atoms with Crippen LogP contribution in [0.3, 0.4) is 0 Å². The summed E-state index contributed by atoms with van der Waals surface area (Å²) in [5.74, 6) is 0.623. The molecule has 33 heavy (non-hydrogen) atoms. The van der Waals surface area contributed by atoms with Crippen LogP contribution in [0.2, 0.25) is 15.1 Å². The first-order chi connectivity index (χ1) is 15.7. The fraction of sp³-hybridized carbons (Fsp3) is 0.160. The zero-order valence-electron chi connectivity index (χ0n) is 17.5. The summed E-state index contributed by atoms with van der Waals surface area (Å²) in [6.07, 6.45) is 2.39. The van der Waals surface area contributed by atoms with Crippen molar-refractivity contribution in [3.8, 4) is 0 Å². The number of rotatable bonds is 7. The fourth-order valence-corrected chi connectivity index (χ4v) is 5.09. The van der Waals surface area contributed by atoms with Gasteiger partial charge in [0.1, 0.15) is 17.5 Å². The number of aromatic nitrogens is 2. The second kappa shape index (κ2) is 10.1. The smallest absolute Gasteiger partial charge is 0.124 e. The van der Waals surface area contributed by atoms with Gasteiger partial charge in [0.15, 0.2) is 0 Å². The number of aromatic amines is 1. The monoisotopic (exact) mass is 522 g/mol. The lowest BCUT2D eigenvalue weighted by Gasteiger charge is -2.30. The topological polar surface area (TPSA) is 28.7 Å². The van der Waals surface area contributed by atoms with Crippen LogP contribution in [-0.2, 0) is 17.6 Å². The Bertz CT molecular complexity index is 1280. The molecule has 1 aromatic heterocycles. The van der Waals surface area contributed by atoms with Crippen LogP contribution in [0.4, 0.5) is 8.78 Å².